The lowest BCUT2D eigenvalue weighted by Crippen LogP contribution is -2.08. The number of ether oxygens (including phenoxy) is 2. The van der Waals surface area contributed by atoms with Gasteiger partial charge in [0.05, 0.1) is 13.2 Å². The molecule has 0 aliphatic rings. The van der Waals surface area contributed by atoms with Crippen molar-refractivity contribution in [2.75, 3.05) is 7.11 Å². The summed E-state index contributed by atoms with van der Waals surface area (Å²) in [5, 5.41) is 13.9. The third-order valence-electron chi connectivity index (χ3n) is 3.02. The Kier molecular flexibility index (Phi) is 4.57. The van der Waals surface area contributed by atoms with E-state index in [1.54, 1.807) is 36.9 Å². The number of aromatic nitrogens is 3. The molecule has 1 heterocycles. The molecular formula is C14H19N3O3. The van der Waals surface area contributed by atoms with Gasteiger partial charge >= 0.3 is 0 Å². The van der Waals surface area contributed by atoms with Crippen LogP contribution in [0.25, 0.3) is 0 Å². The highest BCUT2D eigenvalue weighted by molar-refractivity contribution is 5.41. The molecule has 0 saturated carbocycles. The Morgan fingerprint density at radius 3 is 2.85 bits per heavy atom. The fourth-order valence-corrected chi connectivity index (χ4v) is 1.92. The van der Waals surface area contributed by atoms with Crippen LogP contribution in [0.3, 0.4) is 0 Å². The van der Waals surface area contributed by atoms with Gasteiger partial charge in [-0.1, -0.05) is 0 Å². The topological polar surface area (TPSA) is 69.4 Å². The average Bonchev–Trinajstić information content (AvgIpc) is 2.91. The van der Waals surface area contributed by atoms with Crippen molar-refractivity contribution >= 4 is 0 Å². The SMILES string of the molecule is CCn1ncnc1COc1cc(OC)ccc1[C@@H](C)O. The monoisotopic (exact) mass is 277 g/mol. The molecule has 0 bridgehead atoms. The number of aliphatic hydroxyl groups excluding tert-OH is 1. The molecule has 6 nitrogen and oxygen atoms in total. The first kappa shape index (κ1) is 14.3. The average molecular weight is 277 g/mol. The molecule has 0 amide bonds. The van der Waals surface area contributed by atoms with Crippen LogP contribution in [-0.2, 0) is 13.2 Å². The maximum Gasteiger partial charge on any atom is 0.164 e. The minimum Gasteiger partial charge on any atom is -0.497 e. The van der Waals surface area contributed by atoms with Gasteiger partial charge in [-0.05, 0) is 26.0 Å². The molecule has 1 N–H and O–H groups in total. The van der Waals surface area contributed by atoms with Crippen LogP contribution >= 0.6 is 0 Å². The second kappa shape index (κ2) is 6.38. The quantitative estimate of drug-likeness (QED) is 0.873. The molecule has 0 aliphatic carbocycles. The number of hydrogen-bond acceptors (Lipinski definition) is 5. The Morgan fingerprint density at radius 2 is 2.20 bits per heavy atom. The van der Waals surface area contributed by atoms with Crippen molar-refractivity contribution in [2.45, 2.75) is 33.1 Å². The smallest absolute Gasteiger partial charge is 0.164 e. The molecular weight excluding hydrogens is 258 g/mol. The van der Waals surface area contributed by atoms with Crippen LogP contribution in [0, 0.1) is 0 Å². The molecule has 0 spiro atoms. The van der Waals surface area contributed by atoms with Gasteiger partial charge < -0.3 is 14.6 Å². The number of rotatable bonds is 6. The van der Waals surface area contributed by atoms with E-state index < -0.39 is 6.10 Å². The van der Waals surface area contributed by atoms with E-state index in [4.69, 9.17) is 9.47 Å². The Morgan fingerprint density at radius 1 is 1.40 bits per heavy atom. The van der Waals surface area contributed by atoms with Gasteiger partial charge in [0.25, 0.3) is 0 Å². The second-order valence-electron chi connectivity index (χ2n) is 4.36. The number of methoxy groups -OCH3 is 1. The number of aliphatic hydroxyl groups is 1. The number of hydrogen-bond donors (Lipinski definition) is 1. The molecule has 1 aromatic carbocycles. The molecule has 1 aromatic heterocycles. The fraction of sp³-hybridized carbons (Fsp3) is 0.429. The van der Waals surface area contributed by atoms with Crippen LogP contribution in [0.5, 0.6) is 11.5 Å². The first-order chi connectivity index (χ1) is 9.65. The summed E-state index contributed by atoms with van der Waals surface area (Å²) in [6.07, 6.45) is 0.892. The van der Waals surface area contributed by atoms with E-state index in [0.717, 1.165) is 12.4 Å². The molecule has 0 saturated heterocycles. The van der Waals surface area contributed by atoms with Gasteiger partial charge in [0, 0.05) is 18.2 Å². The minimum absolute atomic E-state index is 0.292. The van der Waals surface area contributed by atoms with Crippen molar-refractivity contribution in [1.82, 2.24) is 14.8 Å². The second-order valence-corrected chi connectivity index (χ2v) is 4.36. The Hall–Kier alpha value is -2.08. The zero-order valence-corrected chi connectivity index (χ0v) is 11.9. The molecule has 1 atom stereocenters. The summed E-state index contributed by atoms with van der Waals surface area (Å²) >= 11 is 0. The number of nitrogens with zero attached hydrogens (tertiary/aromatic N) is 3. The zero-order valence-electron chi connectivity index (χ0n) is 11.9. The van der Waals surface area contributed by atoms with E-state index in [1.807, 2.05) is 6.92 Å². The standard InChI is InChI=1S/C14H19N3O3/c1-4-17-14(15-9-16-17)8-20-13-7-11(19-3)5-6-12(13)10(2)18/h5-7,9-10,18H,4,8H2,1-3H3/t10-/m1/s1. The summed E-state index contributed by atoms with van der Waals surface area (Å²) < 4.78 is 12.7. The Labute approximate surface area is 118 Å². The van der Waals surface area contributed by atoms with E-state index in [1.165, 1.54) is 6.33 Å². The van der Waals surface area contributed by atoms with Crippen molar-refractivity contribution in [3.8, 4) is 11.5 Å². The molecule has 0 unspecified atom stereocenters. The van der Waals surface area contributed by atoms with Crippen LogP contribution in [0.4, 0.5) is 0 Å². The normalized spacial score (nSPS) is 12.2. The van der Waals surface area contributed by atoms with E-state index in [0.29, 0.717) is 23.7 Å². The van der Waals surface area contributed by atoms with E-state index in [-0.39, 0.29) is 0 Å². The van der Waals surface area contributed by atoms with Crippen molar-refractivity contribution in [1.29, 1.82) is 0 Å². The highest BCUT2D eigenvalue weighted by Gasteiger charge is 2.12. The molecule has 2 rings (SSSR count). The lowest BCUT2D eigenvalue weighted by atomic mass is 10.1. The van der Waals surface area contributed by atoms with Gasteiger partial charge in [-0.3, -0.25) is 0 Å². The third-order valence-corrected chi connectivity index (χ3v) is 3.02. The minimum atomic E-state index is -0.611. The lowest BCUT2D eigenvalue weighted by molar-refractivity contribution is 0.188. The highest BCUT2D eigenvalue weighted by Crippen LogP contribution is 2.29. The van der Waals surface area contributed by atoms with Gasteiger partial charge in [-0.2, -0.15) is 5.10 Å². The van der Waals surface area contributed by atoms with Crippen molar-refractivity contribution < 1.29 is 14.6 Å². The molecule has 108 valence electrons. The van der Waals surface area contributed by atoms with Crippen molar-refractivity contribution in [2.24, 2.45) is 0 Å². The first-order valence-electron chi connectivity index (χ1n) is 6.51. The summed E-state index contributed by atoms with van der Waals surface area (Å²) in [5.74, 6) is 2.01. The summed E-state index contributed by atoms with van der Waals surface area (Å²) in [5.41, 5.74) is 0.716. The zero-order chi connectivity index (χ0) is 14.5. The highest BCUT2D eigenvalue weighted by atomic mass is 16.5. The van der Waals surface area contributed by atoms with Gasteiger partial charge in [0.2, 0.25) is 0 Å². The molecule has 0 radical (unpaired) electrons. The third kappa shape index (κ3) is 3.08. The molecule has 20 heavy (non-hydrogen) atoms. The first-order valence-corrected chi connectivity index (χ1v) is 6.51. The molecule has 6 heteroatoms. The molecule has 0 fully saturated rings. The number of benzene rings is 1. The maximum atomic E-state index is 9.77. The van der Waals surface area contributed by atoms with Crippen LogP contribution in [-0.4, -0.2) is 27.0 Å². The predicted molar refractivity (Wildman–Crippen MR) is 73.7 cm³/mol. The van der Waals surface area contributed by atoms with E-state index in [2.05, 4.69) is 10.1 Å². The summed E-state index contributed by atoms with van der Waals surface area (Å²) in [7, 11) is 1.59. The Balaban J connectivity index is 2.19. The van der Waals surface area contributed by atoms with Gasteiger partial charge in [-0.15, -0.1) is 0 Å². The maximum absolute atomic E-state index is 9.77. The summed E-state index contributed by atoms with van der Waals surface area (Å²) in [6, 6.07) is 5.35. The van der Waals surface area contributed by atoms with E-state index in [9.17, 15) is 5.11 Å². The van der Waals surface area contributed by atoms with Crippen molar-refractivity contribution in [3.63, 3.8) is 0 Å². The summed E-state index contributed by atoms with van der Waals surface area (Å²) in [4.78, 5) is 4.15. The molecule has 2 aromatic rings. The van der Waals surface area contributed by atoms with Crippen molar-refractivity contribution in [3.05, 3.63) is 35.9 Å². The Bertz CT molecular complexity index is 567. The van der Waals surface area contributed by atoms with Gasteiger partial charge in [0.15, 0.2) is 5.82 Å². The van der Waals surface area contributed by atoms with Crippen LogP contribution in [0.15, 0.2) is 24.5 Å². The van der Waals surface area contributed by atoms with Gasteiger partial charge in [-0.25, -0.2) is 9.67 Å². The number of aryl methyl sites for hydroxylation is 1. The van der Waals surface area contributed by atoms with Crippen LogP contribution in [0.2, 0.25) is 0 Å². The van der Waals surface area contributed by atoms with Crippen LogP contribution < -0.4 is 9.47 Å². The molecule has 0 aliphatic heterocycles. The fourth-order valence-electron chi connectivity index (χ4n) is 1.92. The van der Waals surface area contributed by atoms with Crippen LogP contribution in [0.1, 0.15) is 31.3 Å². The lowest BCUT2D eigenvalue weighted by Gasteiger charge is -2.14. The van der Waals surface area contributed by atoms with E-state index >= 15 is 0 Å². The largest absolute Gasteiger partial charge is 0.497 e. The predicted octanol–water partition coefficient (Wildman–Crippen LogP) is 1.94. The van der Waals surface area contributed by atoms with Gasteiger partial charge in [0.1, 0.15) is 24.4 Å². The summed E-state index contributed by atoms with van der Waals surface area (Å²) in [6.45, 7) is 4.72.